The van der Waals surface area contributed by atoms with E-state index in [1.54, 1.807) is 12.4 Å². The molecule has 2 fully saturated rings. The Morgan fingerprint density at radius 2 is 1.96 bits per heavy atom. The first-order valence-corrected chi connectivity index (χ1v) is 10.7. The fourth-order valence-electron chi connectivity index (χ4n) is 4.39. The zero-order chi connectivity index (χ0) is 18.4. The molecule has 1 N–H and O–H groups in total. The van der Waals surface area contributed by atoms with Crippen molar-refractivity contribution in [1.29, 1.82) is 0 Å². The number of hydrogen-bond donors (Lipinski definition) is 1. The van der Waals surface area contributed by atoms with Gasteiger partial charge in [0.2, 0.25) is 5.95 Å². The average Bonchev–Trinajstić information content (AvgIpc) is 3.22. The van der Waals surface area contributed by atoms with Crippen LogP contribution in [0.15, 0.2) is 18.6 Å². The molecular weight excluding hydrogens is 401 g/mol. The van der Waals surface area contributed by atoms with Crippen LogP contribution >= 0.6 is 0 Å². The van der Waals surface area contributed by atoms with Gasteiger partial charge in [-0.05, 0) is 57.5 Å². The third kappa shape index (κ3) is 4.62. The number of piperidine rings is 1. The molecule has 3 heterocycles. The van der Waals surface area contributed by atoms with Crippen LogP contribution in [0.5, 0.6) is 0 Å². The van der Waals surface area contributed by atoms with E-state index in [2.05, 4.69) is 25.7 Å². The Kier molecular flexibility index (Phi) is 8.07. The Bertz CT molecular complexity index is 814. The molecule has 0 bridgehead atoms. The van der Waals surface area contributed by atoms with Crippen LogP contribution in [0.2, 0.25) is 0 Å². The van der Waals surface area contributed by atoms with E-state index in [9.17, 15) is 4.21 Å². The number of nitrogens with one attached hydrogen (secondary N) is 1. The molecule has 2 aromatic heterocycles. The predicted molar refractivity (Wildman–Crippen MR) is 113 cm³/mol. The molecule has 4 rings (SSSR count). The Labute approximate surface area is 199 Å². The molecule has 2 atom stereocenters. The maximum atomic E-state index is 12.6. The second-order valence-corrected chi connectivity index (χ2v) is 10.6. The van der Waals surface area contributed by atoms with Crippen molar-refractivity contribution < 1.29 is 33.8 Å². The maximum absolute atomic E-state index is 12.6. The van der Waals surface area contributed by atoms with Crippen molar-refractivity contribution in [2.75, 3.05) is 18.0 Å². The minimum Gasteiger partial charge on any atom is -0.813 e. The number of rotatable bonds is 3. The summed E-state index contributed by atoms with van der Waals surface area (Å²) in [5.74, 6) is 0.951. The van der Waals surface area contributed by atoms with Crippen molar-refractivity contribution in [2.45, 2.75) is 63.7 Å². The molecule has 28 heavy (non-hydrogen) atoms. The summed E-state index contributed by atoms with van der Waals surface area (Å²) in [6.07, 6.45) is 11.3. The SMILES string of the molecule is CC(C)(C)[S@@](=O)N[C@@H]1CCCC12CCN(c1nc[c-]c3nccn13)CC2.[Na+].[SH-]. The van der Waals surface area contributed by atoms with Gasteiger partial charge in [-0.3, -0.25) is 9.97 Å². The first-order chi connectivity index (χ1) is 12.4. The van der Waals surface area contributed by atoms with Crippen molar-refractivity contribution in [3.63, 3.8) is 0 Å². The largest absolute Gasteiger partial charge is 1.00 e. The van der Waals surface area contributed by atoms with Gasteiger partial charge in [-0.25, -0.2) is 8.93 Å². The third-order valence-corrected chi connectivity index (χ3v) is 7.60. The van der Waals surface area contributed by atoms with Gasteiger partial charge in [0, 0.05) is 31.5 Å². The van der Waals surface area contributed by atoms with Gasteiger partial charge in [-0.15, -0.1) is 6.20 Å². The molecule has 0 aromatic carbocycles. The van der Waals surface area contributed by atoms with Crippen molar-refractivity contribution in [1.82, 2.24) is 19.1 Å². The van der Waals surface area contributed by atoms with Gasteiger partial charge in [0.05, 0.1) is 15.7 Å². The van der Waals surface area contributed by atoms with Gasteiger partial charge in [-0.2, -0.15) is 0 Å². The second-order valence-electron chi connectivity index (χ2n) is 8.62. The van der Waals surface area contributed by atoms with Crippen LogP contribution < -0.4 is 39.2 Å². The minimum atomic E-state index is -1.01. The second kappa shape index (κ2) is 9.35. The summed E-state index contributed by atoms with van der Waals surface area (Å²) in [6.45, 7) is 8.06. The predicted octanol–water partition coefficient (Wildman–Crippen LogP) is -0.546. The van der Waals surface area contributed by atoms with Crippen molar-refractivity contribution >= 4 is 36.1 Å². The van der Waals surface area contributed by atoms with Gasteiger partial charge in [0.1, 0.15) is 0 Å². The molecule has 1 aliphatic heterocycles. The fraction of sp³-hybridized carbons (Fsp3) is 0.684. The first kappa shape index (κ1) is 24.2. The Balaban J connectivity index is 0.00000140. The quantitative estimate of drug-likeness (QED) is 0.307. The summed E-state index contributed by atoms with van der Waals surface area (Å²) in [6, 6.07) is 3.43. The first-order valence-electron chi connectivity index (χ1n) is 9.52. The number of aromatic nitrogens is 3. The molecule has 1 spiro atoms. The average molecular weight is 431 g/mol. The summed E-state index contributed by atoms with van der Waals surface area (Å²) in [7, 11) is -1.01. The standard InChI is InChI=1S/C19H28N5OS.Na.H2S/c1-18(2,3)26(25)22-15-5-4-7-19(15)8-12-23(13-9-19)17-21-10-6-16-20-11-14-24(16)17;;/h10-11,14-15,22H,4-5,7-9,12-13H2,1-3H3;;1H2/q-1;+1;/p-1/t15-,26-;;/m1../s1. The normalized spacial score (nSPS) is 22.7. The summed E-state index contributed by atoms with van der Waals surface area (Å²) in [5, 5.41) is 0. The van der Waals surface area contributed by atoms with Crippen LogP contribution in [0.1, 0.15) is 52.9 Å². The smallest absolute Gasteiger partial charge is 0.813 e. The molecule has 0 unspecified atom stereocenters. The molecule has 1 saturated heterocycles. The van der Waals surface area contributed by atoms with E-state index in [1.165, 1.54) is 12.8 Å². The Hall–Kier alpha value is -0.120. The van der Waals surface area contributed by atoms with Gasteiger partial charge >= 0.3 is 29.6 Å². The number of nitrogens with zero attached hydrogens (tertiary/aromatic N) is 4. The summed E-state index contributed by atoms with van der Waals surface area (Å²) in [5.41, 5.74) is 1.09. The molecule has 9 heteroatoms. The van der Waals surface area contributed by atoms with Crippen LogP contribution in [-0.2, 0) is 24.5 Å². The number of imidazole rings is 1. The van der Waals surface area contributed by atoms with E-state index in [4.69, 9.17) is 0 Å². The maximum Gasteiger partial charge on any atom is 1.00 e. The summed E-state index contributed by atoms with van der Waals surface area (Å²) in [4.78, 5) is 11.2. The Morgan fingerprint density at radius 3 is 2.64 bits per heavy atom. The topological polar surface area (TPSA) is 62.5 Å². The van der Waals surface area contributed by atoms with Gasteiger partial charge in [0.25, 0.3) is 0 Å². The van der Waals surface area contributed by atoms with Crippen LogP contribution in [0.3, 0.4) is 0 Å². The number of thiol groups is 1. The van der Waals surface area contributed by atoms with Crippen molar-refractivity contribution in [3.8, 4) is 0 Å². The number of anilines is 1. The van der Waals surface area contributed by atoms with Crippen molar-refractivity contribution in [3.05, 3.63) is 24.7 Å². The number of fused-ring (bicyclic) bond motifs is 1. The minimum absolute atomic E-state index is 0. The van der Waals surface area contributed by atoms with Crippen LogP contribution in [-0.4, -0.2) is 42.5 Å². The molecule has 2 aliphatic rings. The summed E-state index contributed by atoms with van der Waals surface area (Å²) >= 11 is 0. The molecule has 150 valence electrons. The van der Waals surface area contributed by atoms with Crippen LogP contribution in [0.4, 0.5) is 5.95 Å². The van der Waals surface area contributed by atoms with Crippen molar-refractivity contribution in [2.24, 2.45) is 5.41 Å². The third-order valence-electron chi connectivity index (χ3n) is 5.98. The van der Waals surface area contributed by atoms with E-state index in [0.717, 1.165) is 43.9 Å². The molecule has 0 radical (unpaired) electrons. The van der Waals surface area contributed by atoms with E-state index >= 15 is 0 Å². The molecular formula is C19H29N5NaOS2-. The van der Waals surface area contributed by atoms with E-state index in [-0.39, 0.29) is 53.2 Å². The van der Waals surface area contributed by atoms with E-state index in [1.807, 2.05) is 31.4 Å². The zero-order valence-electron chi connectivity index (χ0n) is 17.3. The van der Waals surface area contributed by atoms with E-state index < -0.39 is 11.0 Å². The van der Waals surface area contributed by atoms with Gasteiger partial charge < -0.3 is 28.9 Å². The van der Waals surface area contributed by atoms with Crippen LogP contribution in [0.25, 0.3) is 5.65 Å². The number of hydrogen-bond acceptors (Lipinski definition) is 5. The molecule has 6 nitrogen and oxygen atoms in total. The zero-order valence-corrected chi connectivity index (χ0v) is 21.0. The summed E-state index contributed by atoms with van der Waals surface area (Å²) < 4.78 is 17.9. The Morgan fingerprint density at radius 1 is 1.25 bits per heavy atom. The van der Waals surface area contributed by atoms with E-state index in [0.29, 0.717) is 6.04 Å². The monoisotopic (exact) mass is 430 g/mol. The van der Waals surface area contributed by atoms with Gasteiger partial charge in [0.15, 0.2) is 0 Å². The molecule has 2 aromatic rings. The molecule has 0 amide bonds. The van der Waals surface area contributed by atoms with Gasteiger partial charge in [-0.1, -0.05) is 6.42 Å². The fourth-order valence-corrected chi connectivity index (χ4v) is 5.37. The molecule has 1 aliphatic carbocycles. The molecule has 1 saturated carbocycles. The van der Waals surface area contributed by atoms with Crippen LogP contribution in [0, 0.1) is 11.5 Å².